The van der Waals surface area contributed by atoms with Gasteiger partial charge in [-0.05, 0) is 5.56 Å². The zero-order valence-corrected chi connectivity index (χ0v) is 19.2. The Kier molecular flexibility index (Phi) is 6.75. The molecule has 2 amide bonds. The van der Waals surface area contributed by atoms with E-state index in [1.54, 1.807) is 24.3 Å². The van der Waals surface area contributed by atoms with Crippen LogP contribution in [0.4, 0.5) is 5.13 Å². The van der Waals surface area contributed by atoms with E-state index in [1.807, 2.05) is 6.07 Å². The van der Waals surface area contributed by atoms with E-state index in [1.165, 1.54) is 17.5 Å². The topological polar surface area (TPSA) is 177 Å². The molecule has 1 atom stereocenters. The molecule has 1 saturated heterocycles. The van der Waals surface area contributed by atoms with Crippen molar-refractivity contribution in [3.8, 4) is 0 Å². The van der Waals surface area contributed by atoms with Crippen LogP contribution in [0.3, 0.4) is 0 Å². The fourth-order valence-electron chi connectivity index (χ4n) is 3.65. The van der Waals surface area contributed by atoms with Gasteiger partial charge in [-0.2, -0.15) is 0 Å². The first-order chi connectivity index (χ1) is 16.8. The van der Waals surface area contributed by atoms with E-state index in [0.717, 1.165) is 21.9 Å². The number of esters is 1. The molecule has 0 saturated carbocycles. The average Bonchev–Trinajstić information content (AvgIpc) is 3.51. The number of nitrogen functional groups attached to an aromatic ring is 1. The van der Waals surface area contributed by atoms with Gasteiger partial charge in [0, 0.05) is 11.9 Å². The predicted octanol–water partition coefficient (Wildman–Crippen LogP) is -0.284. The minimum Gasteiger partial charge on any atom is -0.477 e. The van der Waals surface area contributed by atoms with Crippen molar-refractivity contribution in [2.45, 2.75) is 12.6 Å². The summed E-state index contributed by atoms with van der Waals surface area (Å²) in [5.41, 5.74) is 5.63. The lowest BCUT2D eigenvalue weighted by molar-refractivity contribution is -0.144. The van der Waals surface area contributed by atoms with Gasteiger partial charge in [-0.15, -0.1) is 11.3 Å². The van der Waals surface area contributed by atoms with E-state index in [0.29, 0.717) is 0 Å². The number of nitrogens with one attached hydrogen (secondary N) is 1. The Morgan fingerprint density at radius 2 is 2.06 bits per heavy atom. The van der Waals surface area contributed by atoms with Gasteiger partial charge in [0.1, 0.15) is 25.5 Å². The molecule has 14 heteroatoms. The minimum atomic E-state index is -1.47. The molecule has 1 unspecified atom stereocenters. The summed E-state index contributed by atoms with van der Waals surface area (Å²) in [6.45, 7) is -0.295. The highest BCUT2D eigenvalue weighted by atomic mass is 32.1. The Morgan fingerprint density at radius 3 is 2.69 bits per heavy atom. The highest BCUT2D eigenvalue weighted by Crippen LogP contribution is 2.30. The van der Waals surface area contributed by atoms with Crippen molar-refractivity contribution in [2.75, 3.05) is 25.9 Å². The molecule has 182 valence electrons. The minimum absolute atomic E-state index is 0.0502. The first kappa shape index (κ1) is 23.8. The number of hydrazine groups is 1. The first-order valence-corrected chi connectivity index (χ1v) is 11.1. The number of carboxylic acids is 1. The average molecular weight is 500 g/mol. The second-order valence-electron chi connectivity index (χ2n) is 7.41. The fraction of sp³-hybridized carbons (Fsp3) is 0.238. The number of anilines is 1. The van der Waals surface area contributed by atoms with Crippen LogP contribution in [-0.4, -0.2) is 75.8 Å². The van der Waals surface area contributed by atoms with E-state index < -0.39 is 35.5 Å². The molecule has 0 radical (unpaired) electrons. The number of fused-ring (bicyclic) bond motifs is 1. The van der Waals surface area contributed by atoms with Crippen molar-refractivity contribution in [3.63, 3.8) is 0 Å². The number of aromatic nitrogens is 1. The summed E-state index contributed by atoms with van der Waals surface area (Å²) in [6.07, 6.45) is 0. The largest absolute Gasteiger partial charge is 0.477 e. The summed E-state index contributed by atoms with van der Waals surface area (Å²) in [4.78, 5) is 59.1. The number of hydrogen-bond donors (Lipinski definition) is 3. The van der Waals surface area contributed by atoms with Crippen LogP contribution in [0.1, 0.15) is 11.3 Å². The molecule has 35 heavy (non-hydrogen) atoms. The summed E-state index contributed by atoms with van der Waals surface area (Å²) in [5.74, 6) is -3.80. The predicted molar refractivity (Wildman–Crippen MR) is 121 cm³/mol. The van der Waals surface area contributed by atoms with Gasteiger partial charge in [0.15, 0.2) is 16.5 Å². The number of rotatable bonds is 8. The summed E-state index contributed by atoms with van der Waals surface area (Å²) in [7, 11) is 1.24. The van der Waals surface area contributed by atoms with Crippen LogP contribution < -0.4 is 11.1 Å². The van der Waals surface area contributed by atoms with Gasteiger partial charge in [0.2, 0.25) is 0 Å². The summed E-state index contributed by atoms with van der Waals surface area (Å²) in [6, 6.07) is 7.79. The third kappa shape index (κ3) is 4.83. The quantitative estimate of drug-likeness (QED) is 0.248. The monoisotopic (exact) mass is 500 g/mol. The van der Waals surface area contributed by atoms with Gasteiger partial charge in [-0.3, -0.25) is 9.59 Å². The molecule has 3 heterocycles. The molecule has 1 aromatic carbocycles. The van der Waals surface area contributed by atoms with Gasteiger partial charge in [0.25, 0.3) is 11.8 Å². The van der Waals surface area contributed by atoms with Crippen LogP contribution >= 0.6 is 11.3 Å². The Bertz CT molecular complexity index is 1240. The molecule has 2 aromatic rings. The maximum absolute atomic E-state index is 13.0. The maximum atomic E-state index is 13.0. The van der Waals surface area contributed by atoms with Crippen LogP contribution in [0.2, 0.25) is 0 Å². The molecule has 0 spiro atoms. The molecule has 4 N–H and O–H groups in total. The summed E-state index contributed by atoms with van der Waals surface area (Å²) in [5, 5.41) is 19.8. The van der Waals surface area contributed by atoms with Crippen molar-refractivity contribution < 1.29 is 33.9 Å². The van der Waals surface area contributed by atoms with Gasteiger partial charge in [0.05, 0.1) is 12.1 Å². The van der Waals surface area contributed by atoms with Crippen LogP contribution in [0, 0.1) is 0 Å². The number of nitrogens with zero attached hydrogens (tertiary/aromatic N) is 4. The van der Waals surface area contributed by atoms with E-state index in [9.17, 15) is 24.3 Å². The van der Waals surface area contributed by atoms with Crippen LogP contribution in [-0.2, 0) is 35.4 Å². The maximum Gasteiger partial charge on any atom is 0.354 e. The number of ether oxygens (including phenoxy) is 1. The lowest BCUT2D eigenvalue weighted by Crippen LogP contribution is -2.46. The SMILES string of the molecule is CO/N=C(\C(=O)NC1CN2CC(C(=O)OCc3ccccc3)=C(C(=O)O)N2C1=O)c1csc(N)n1. The number of nitrogens with two attached hydrogens (primary N) is 1. The third-order valence-electron chi connectivity index (χ3n) is 5.15. The standard InChI is InChI=1S/C21H20N6O7S/c1-33-25-15(14-10-35-21(22)24-14)17(28)23-13-8-26-7-12(16(19(30)31)27(26)18(13)29)20(32)34-9-11-5-3-2-4-6-11/h2-6,10,13H,7-9H2,1H3,(H2,22,24)(H,23,28)(H,30,31)/b25-15-. The lowest BCUT2D eigenvalue weighted by Gasteiger charge is -2.18. The van der Waals surface area contributed by atoms with Gasteiger partial charge in [-0.1, -0.05) is 35.5 Å². The molecule has 2 aliphatic heterocycles. The molecule has 2 aliphatic rings. The van der Waals surface area contributed by atoms with Crippen molar-refractivity contribution in [1.29, 1.82) is 0 Å². The number of carboxylic acid groups (broad SMARTS) is 1. The van der Waals surface area contributed by atoms with Gasteiger partial charge >= 0.3 is 11.9 Å². The van der Waals surface area contributed by atoms with Crippen molar-refractivity contribution >= 4 is 45.9 Å². The molecule has 13 nitrogen and oxygen atoms in total. The van der Waals surface area contributed by atoms with Crippen LogP contribution in [0.25, 0.3) is 0 Å². The Hall–Kier alpha value is -4.30. The second-order valence-corrected chi connectivity index (χ2v) is 8.30. The molecule has 4 rings (SSSR count). The van der Waals surface area contributed by atoms with Gasteiger partial charge in [-0.25, -0.2) is 24.6 Å². The normalized spacial score (nSPS) is 18.0. The Labute approximate surface area is 202 Å². The third-order valence-corrected chi connectivity index (χ3v) is 5.82. The number of oxime groups is 1. The van der Waals surface area contributed by atoms with Gasteiger partial charge < -0.3 is 25.7 Å². The van der Waals surface area contributed by atoms with Crippen LogP contribution in [0.15, 0.2) is 52.1 Å². The van der Waals surface area contributed by atoms with Crippen molar-refractivity contribution in [1.82, 2.24) is 20.3 Å². The lowest BCUT2D eigenvalue weighted by atomic mass is 10.1. The molecule has 1 fully saturated rings. The number of thiazole rings is 1. The first-order valence-electron chi connectivity index (χ1n) is 10.2. The van der Waals surface area contributed by atoms with E-state index >= 15 is 0 Å². The van der Waals surface area contributed by atoms with Crippen molar-refractivity contribution in [3.05, 3.63) is 58.2 Å². The number of amides is 2. The number of hydrogen-bond acceptors (Lipinski definition) is 11. The summed E-state index contributed by atoms with van der Waals surface area (Å²) < 4.78 is 5.25. The second kappa shape index (κ2) is 9.90. The molecular formula is C21H20N6O7S. The number of carbonyl (C=O) groups excluding carboxylic acids is 3. The summed E-state index contributed by atoms with van der Waals surface area (Å²) >= 11 is 1.09. The Morgan fingerprint density at radius 1 is 1.31 bits per heavy atom. The van der Waals surface area contributed by atoms with E-state index in [2.05, 4.69) is 15.5 Å². The number of carbonyl (C=O) groups is 4. The number of aliphatic carboxylic acids is 1. The smallest absolute Gasteiger partial charge is 0.354 e. The highest BCUT2D eigenvalue weighted by molar-refractivity contribution is 7.13. The molecule has 0 aliphatic carbocycles. The van der Waals surface area contributed by atoms with E-state index in [4.69, 9.17) is 15.3 Å². The number of benzene rings is 1. The van der Waals surface area contributed by atoms with Crippen LogP contribution in [0.5, 0.6) is 0 Å². The Balaban J connectivity index is 1.49. The molecule has 1 aromatic heterocycles. The zero-order valence-electron chi connectivity index (χ0n) is 18.3. The highest BCUT2D eigenvalue weighted by Gasteiger charge is 2.50. The molecule has 0 bridgehead atoms. The fourth-order valence-corrected chi connectivity index (χ4v) is 4.19. The molecular weight excluding hydrogens is 480 g/mol. The van der Waals surface area contributed by atoms with E-state index in [-0.39, 0.29) is 41.8 Å². The zero-order chi connectivity index (χ0) is 25.1. The van der Waals surface area contributed by atoms with Crippen molar-refractivity contribution in [2.24, 2.45) is 5.16 Å².